The van der Waals surface area contributed by atoms with Crippen molar-refractivity contribution >= 4 is 27.0 Å². The Morgan fingerprint density at radius 1 is 1.23 bits per heavy atom. The summed E-state index contributed by atoms with van der Waals surface area (Å²) in [6, 6.07) is 5.70. The summed E-state index contributed by atoms with van der Waals surface area (Å²) in [7, 11) is -5.92. The van der Waals surface area contributed by atoms with Gasteiger partial charge >= 0.3 is 21.6 Å². The van der Waals surface area contributed by atoms with Crippen LogP contribution in [0.1, 0.15) is 6.92 Å². The number of halogens is 3. The van der Waals surface area contributed by atoms with Crippen molar-refractivity contribution < 1.29 is 35.3 Å². The lowest BCUT2D eigenvalue weighted by Gasteiger charge is -2.14. The van der Waals surface area contributed by atoms with Crippen molar-refractivity contribution in [3.05, 3.63) is 30.5 Å². The molecule has 118 valence electrons. The molecule has 10 heteroatoms. The Kier molecular flexibility index (Phi) is 3.96. The Hall–Kier alpha value is -2.36. The molecule has 1 aromatic heterocycles. The number of rotatable bonds is 3. The van der Waals surface area contributed by atoms with Gasteiger partial charge in [0, 0.05) is 12.3 Å². The maximum absolute atomic E-state index is 12.5. The number of carbonyl (C=O) groups excluding carboxylic acids is 1. The molecule has 0 fully saturated rings. The third kappa shape index (κ3) is 3.11. The number of hydrogen-bond donors (Lipinski definition) is 0. The molecule has 0 bridgehead atoms. The first-order valence-electron chi connectivity index (χ1n) is 5.69. The maximum Gasteiger partial charge on any atom is 0.534 e. The lowest BCUT2D eigenvalue weighted by Crippen LogP contribution is -2.28. The van der Waals surface area contributed by atoms with E-state index in [4.69, 9.17) is 0 Å². The number of carbonyl (C=O) groups is 1. The minimum atomic E-state index is -5.92. The van der Waals surface area contributed by atoms with Gasteiger partial charge in [-0.3, -0.25) is 9.78 Å². The van der Waals surface area contributed by atoms with Gasteiger partial charge in [0.25, 0.3) is 0 Å². The summed E-state index contributed by atoms with van der Waals surface area (Å²) in [4.78, 5) is 14.8. The molecular weight excluding hydrogens is 327 g/mol. The molecule has 0 saturated heterocycles. The average Bonchev–Trinajstić information content (AvgIpc) is 2.39. The molecule has 1 aromatic carbocycles. The Labute approximate surface area is 122 Å². The number of pyridine rings is 1. The van der Waals surface area contributed by atoms with Gasteiger partial charge in [0.1, 0.15) is 0 Å². The van der Waals surface area contributed by atoms with E-state index in [-0.39, 0.29) is 10.9 Å². The fourth-order valence-electron chi connectivity index (χ4n) is 1.57. The van der Waals surface area contributed by atoms with Crippen LogP contribution >= 0.6 is 0 Å². The Morgan fingerprint density at radius 3 is 2.45 bits per heavy atom. The van der Waals surface area contributed by atoms with E-state index in [9.17, 15) is 26.4 Å². The average molecular weight is 335 g/mol. The summed E-state index contributed by atoms with van der Waals surface area (Å²) in [5.74, 6) is -2.15. The highest BCUT2D eigenvalue weighted by molar-refractivity contribution is 7.88. The number of benzene rings is 1. The zero-order valence-electron chi connectivity index (χ0n) is 10.9. The van der Waals surface area contributed by atoms with Crippen LogP contribution in [0.2, 0.25) is 0 Å². The van der Waals surface area contributed by atoms with Crippen LogP contribution in [-0.4, -0.2) is 24.9 Å². The Morgan fingerprint density at radius 2 is 1.86 bits per heavy atom. The highest BCUT2D eigenvalue weighted by Crippen LogP contribution is 2.38. The van der Waals surface area contributed by atoms with Crippen LogP contribution in [-0.2, 0) is 14.9 Å². The van der Waals surface area contributed by atoms with Crippen LogP contribution in [0, 0.1) is 0 Å². The molecule has 0 amide bonds. The van der Waals surface area contributed by atoms with Gasteiger partial charge in [-0.1, -0.05) is 12.1 Å². The lowest BCUT2D eigenvalue weighted by atomic mass is 10.2. The van der Waals surface area contributed by atoms with Crippen LogP contribution < -0.4 is 8.92 Å². The van der Waals surface area contributed by atoms with Crippen molar-refractivity contribution in [2.75, 3.05) is 0 Å². The molecule has 0 aliphatic rings. The molecule has 0 aliphatic heterocycles. The van der Waals surface area contributed by atoms with E-state index >= 15 is 0 Å². The van der Waals surface area contributed by atoms with Gasteiger partial charge < -0.3 is 8.92 Å². The Bertz CT molecular complexity index is 832. The lowest BCUT2D eigenvalue weighted by molar-refractivity contribution is -0.131. The van der Waals surface area contributed by atoms with E-state index in [2.05, 4.69) is 13.9 Å². The van der Waals surface area contributed by atoms with Gasteiger partial charge in [-0.25, -0.2) is 0 Å². The summed E-state index contributed by atoms with van der Waals surface area (Å²) in [6.45, 7) is 0.997. The summed E-state index contributed by atoms with van der Waals surface area (Å²) in [6.07, 6.45) is 0.908. The summed E-state index contributed by atoms with van der Waals surface area (Å²) >= 11 is 0. The maximum atomic E-state index is 12.5. The van der Waals surface area contributed by atoms with Crippen molar-refractivity contribution in [2.24, 2.45) is 0 Å². The predicted octanol–water partition coefficient (Wildman–Crippen LogP) is 2.39. The van der Waals surface area contributed by atoms with Crippen molar-refractivity contribution in [3.8, 4) is 11.5 Å². The van der Waals surface area contributed by atoms with Crippen molar-refractivity contribution in [1.29, 1.82) is 0 Å². The van der Waals surface area contributed by atoms with Gasteiger partial charge in [0.05, 0.1) is 11.7 Å². The highest BCUT2D eigenvalue weighted by atomic mass is 32.2. The molecule has 0 N–H and O–H groups in total. The second-order valence-corrected chi connectivity index (χ2v) is 5.58. The van der Waals surface area contributed by atoms with E-state index in [1.165, 1.54) is 18.2 Å². The Balaban J connectivity index is 2.65. The smallest absolute Gasteiger partial charge is 0.421 e. The quantitative estimate of drug-likeness (QED) is 0.487. The van der Waals surface area contributed by atoms with E-state index in [0.29, 0.717) is 0 Å². The first-order valence-corrected chi connectivity index (χ1v) is 7.09. The van der Waals surface area contributed by atoms with E-state index in [0.717, 1.165) is 13.1 Å². The fourth-order valence-corrected chi connectivity index (χ4v) is 2.05. The van der Waals surface area contributed by atoms with Crippen LogP contribution in [0.3, 0.4) is 0 Å². The van der Waals surface area contributed by atoms with Crippen molar-refractivity contribution in [2.45, 2.75) is 12.4 Å². The van der Waals surface area contributed by atoms with Crippen LogP contribution in [0.5, 0.6) is 11.5 Å². The number of aromatic nitrogens is 1. The van der Waals surface area contributed by atoms with Crippen LogP contribution in [0.4, 0.5) is 13.2 Å². The van der Waals surface area contributed by atoms with Gasteiger partial charge in [0.2, 0.25) is 0 Å². The first kappa shape index (κ1) is 16.0. The highest BCUT2D eigenvalue weighted by Gasteiger charge is 2.49. The third-order valence-corrected chi connectivity index (χ3v) is 3.38. The molecule has 0 saturated carbocycles. The monoisotopic (exact) mass is 335 g/mol. The number of fused-ring (bicyclic) bond motifs is 1. The third-order valence-electron chi connectivity index (χ3n) is 2.42. The number of alkyl halides is 3. The molecule has 6 nitrogen and oxygen atoms in total. The van der Waals surface area contributed by atoms with Crippen LogP contribution in [0.25, 0.3) is 10.9 Å². The second-order valence-electron chi connectivity index (χ2n) is 4.05. The topological polar surface area (TPSA) is 82.6 Å². The zero-order valence-corrected chi connectivity index (χ0v) is 11.7. The second kappa shape index (κ2) is 5.44. The molecule has 2 aromatic rings. The summed E-state index contributed by atoms with van der Waals surface area (Å²) < 4.78 is 68.6. The number of ether oxygens (including phenoxy) is 1. The molecule has 0 aliphatic carbocycles. The van der Waals surface area contributed by atoms with Gasteiger partial charge in [-0.05, 0) is 12.1 Å². The molecule has 1 heterocycles. The molecule has 0 spiro atoms. The van der Waals surface area contributed by atoms with Gasteiger partial charge in [-0.2, -0.15) is 21.6 Å². The molecular formula is C12H8F3NO5S. The van der Waals surface area contributed by atoms with Crippen molar-refractivity contribution in [1.82, 2.24) is 4.98 Å². The molecule has 0 atom stereocenters. The molecule has 22 heavy (non-hydrogen) atoms. The van der Waals surface area contributed by atoms with E-state index in [1.807, 2.05) is 0 Å². The first-order chi connectivity index (χ1) is 10.1. The number of esters is 1. The number of nitrogens with zero attached hydrogens (tertiary/aromatic N) is 1. The van der Waals surface area contributed by atoms with Crippen molar-refractivity contribution in [3.63, 3.8) is 0 Å². The molecule has 2 rings (SSSR count). The number of para-hydroxylation sites is 1. The molecule has 0 radical (unpaired) electrons. The van der Waals surface area contributed by atoms with E-state index < -0.39 is 33.1 Å². The minimum absolute atomic E-state index is 0.0472. The number of hydrogen-bond acceptors (Lipinski definition) is 6. The zero-order chi connectivity index (χ0) is 16.5. The van der Waals surface area contributed by atoms with E-state index in [1.54, 1.807) is 6.07 Å². The minimum Gasteiger partial charge on any atom is -0.421 e. The summed E-state index contributed by atoms with van der Waals surface area (Å²) in [5.41, 5.74) is -5.45. The standard InChI is InChI=1S/C12H8F3NO5S/c1-7(17)20-10-6-16-9-5-3-2-4-8(9)11(10)21-22(18,19)12(13,14)15/h2-6H,1H3. The largest absolute Gasteiger partial charge is 0.534 e. The normalized spacial score (nSPS) is 12.2. The van der Waals surface area contributed by atoms with Gasteiger partial charge in [0.15, 0.2) is 11.5 Å². The fraction of sp³-hybridized carbons (Fsp3) is 0.167. The van der Waals surface area contributed by atoms with Gasteiger partial charge in [-0.15, -0.1) is 0 Å². The SMILES string of the molecule is CC(=O)Oc1cnc2ccccc2c1OS(=O)(=O)C(F)(F)F. The predicted molar refractivity (Wildman–Crippen MR) is 68.7 cm³/mol. The molecule has 0 unspecified atom stereocenters. The van der Waals surface area contributed by atoms with Crippen LogP contribution in [0.15, 0.2) is 30.5 Å². The summed E-state index contributed by atoms with van der Waals surface area (Å²) in [5, 5.41) is -0.0472.